The highest BCUT2D eigenvalue weighted by Crippen LogP contribution is 2.49. The Labute approximate surface area is 99.2 Å². The largest absolute Gasteiger partial charge is 0.458 e. The van der Waals surface area contributed by atoms with E-state index >= 15 is 0 Å². The van der Waals surface area contributed by atoms with Crippen LogP contribution in [0.3, 0.4) is 0 Å². The van der Waals surface area contributed by atoms with Crippen LogP contribution in [-0.4, -0.2) is 16.4 Å². The highest BCUT2D eigenvalue weighted by Gasteiger charge is 2.53. The van der Waals surface area contributed by atoms with Gasteiger partial charge < -0.3 is 4.74 Å². The van der Waals surface area contributed by atoms with Crippen molar-refractivity contribution in [3.05, 3.63) is 12.2 Å². The number of halogens is 1. The fourth-order valence-corrected chi connectivity index (χ4v) is 3.66. The summed E-state index contributed by atoms with van der Waals surface area (Å²) >= 11 is 3.67. The van der Waals surface area contributed by atoms with Crippen LogP contribution in [-0.2, 0) is 9.53 Å². The van der Waals surface area contributed by atoms with E-state index in [9.17, 15) is 4.79 Å². The first kappa shape index (κ1) is 11.2. The predicted octanol–water partition coefficient (Wildman–Crippen LogP) is 3.06. The smallest absolute Gasteiger partial charge is 0.306 e. The van der Waals surface area contributed by atoms with E-state index in [-0.39, 0.29) is 16.4 Å². The van der Waals surface area contributed by atoms with Crippen molar-refractivity contribution in [2.24, 2.45) is 11.8 Å². The average Bonchev–Trinajstić information content (AvgIpc) is 2.41. The Kier molecular flexibility index (Phi) is 2.70. The van der Waals surface area contributed by atoms with Gasteiger partial charge in [-0.05, 0) is 32.6 Å². The van der Waals surface area contributed by atoms with Crippen molar-refractivity contribution in [3.63, 3.8) is 0 Å². The van der Waals surface area contributed by atoms with E-state index in [1.807, 2.05) is 0 Å². The van der Waals surface area contributed by atoms with Crippen molar-refractivity contribution in [2.45, 2.75) is 43.5 Å². The van der Waals surface area contributed by atoms with Crippen molar-refractivity contribution >= 4 is 21.9 Å². The standard InChI is InChI=1S/C12H17BrO2/c1-7(2)8-4-9-6-11(14)15-12(9,3)10(13)5-8/h8-10H,1,4-6H2,2-3H3/t8-,9+,10-,12-/m0/s1. The molecular weight excluding hydrogens is 256 g/mol. The normalized spacial score (nSPS) is 44.7. The van der Waals surface area contributed by atoms with Crippen LogP contribution in [0.25, 0.3) is 0 Å². The summed E-state index contributed by atoms with van der Waals surface area (Å²) < 4.78 is 5.48. The lowest BCUT2D eigenvalue weighted by Crippen LogP contribution is -2.46. The van der Waals surface area contributed by atoms with Gasteiger partial charge in [0.1, 0.15) is 5.60 Å². The minimum absolute atomic E-state index is 0.0469. The van der Waals surface area contributed by atoms with Crippen LogP contribution >= 0.6 is 15.9 Å². The van der Waals surface area contributed by atoms with Crippen LogP contribution in [0, 0.1) is 11.8 Å². The van der Waals surface area contributed by atoms with Crippen LogP contribution in [0.5, 0.6) is 0 Å². The van der Waals surface area contributed by atoms with Crippen molar-refractivity contribution in [1.82, 2.24) is 0 Å². The molecule has 1 aliphatic heterocycles. The number of carbonyl (C=O) groups is 1. The Morgan fingerprint density at radius 1 is 1.60 bits per heavy atom. The summed E-state index contributed by atoms with van der Waals surface area (Å²) in [6, 6.07) is 0. The molecular formula is C12H17BrO2. The third kappa shape index (κ3) is 1.75. The molecule has 0 radical (unpaired) electrons. The monoisotopic (exact) mass is 272 g/mol. The quantitative estimate of drug-likeness (QED) is 0.417. The maximum atomic E-state index is 11.4. The van der Waals surface area contributed by atoms with Gasteiger partial charge >= 0.3 is 5.97 Å². The SMILES string of the molecule is C=C(C)[C@H]1C[C@@H]2CC(=O)O[C@]2(C)[C@@H](Br)C1. The maximum Gasteiger partial charge on any atom is 0.306 e. The van der Waals surface area contributed by atoms with Crippen LogP contribution in [0.4, 0.5) is 0 Å². The highest BCUT2D eigenvalue weighted by atomic mass is 79.9. The summed E-state index contributed by atoms with van der Waals surface area (Å²) in [5.74, 6) is 0.834. The molecule has 0 aromatic heterocycles. The first-order valence-corrected chi connectivity index (χ1v) is 6.36. The van der Waals surface area contributed by atoms with Gasteiger partial charge in [0.2, 0.25) is 0 Å². The Balaban J connectivity index is 2.21. The lowest BCUT2D eigenvalue weighted by Gasteiger charge is -2.42. The van der Waals surface area contributed by atoms with Gasteiger partial charge in [-0.1, -0.05) is 28.1 Å². The van der Waals surface area contributed by atoms with E-state index in [2.05, 4.69) is 36.4 Å². The first-order valence-electron chi connectivity index (χ1n) is 5.44. The molecule has 15 heavy (non-hydrogen) atoms. The maximum absolute atomic E-state index is 11.4. The molecule has 1 saturated heterocycles. The van der Waals surface area contributed by atoms with Gasteiger partial charge in [-0.2, -0.15) is 0 Å². The van der Waals surface area contributed by atoms with Gasteiger partial charge in [0.15, 0.2) is 0 Å². The van der Waals surface area contributed by atoms with E-state index < -0.39 is 0 Å². The molecule has 84 valence electrons. The molecule has 3 heteroatoms. The number of hydrogen-bond acceptors (Lipinski definition) is 2. The third-order valence-corrected chi connectivity index (χ3v) is 5.22. The zero-order chi connectivity index (χ0) is 11.2. The van der Waals surface area contributed by atoms with Crippen molar-refractivity contribution in [1.29, 1.82) is 0 Å². The Morgan fingerprint density at radius 3 is 2.87 bits per heavy atom. The molecule has 2 nitrogen and oxygen atoms in total. The van der Waals surface area contributed by atoms with Gasteiger partial charge in [0, 0.05) is 5.92 Å². The number of alkyl halides is 1. The summed E-state index contributed by atoms with van der Waals surface area (Å²) in [4.78, 5) is 11.6. The number of ether oxygens (including phenoxy) is 1. The van der Waals surface area contributed by atoms with E-state index in [1.165, 1.54) is 5.57 Å². The Bertz CT molecular complexity index is 313. The molecule has 0 amide bonds. The summed E-state index contributed by atoms with van der Waals surface area (Å²) in [7, 11) is 0. The number of esters is 1. The van der Waals surface area contributed by atoms with Crippen molar-refractivity contribution in [2.75, 3.05) is 0 Å². The second-order valence-corrected chi connectivity index (χ2v) is 6.15. The van der Waals surface area contributed by atoms with Gasteiger partial charge in [0.05, 0.1) is 11.2 Å². The zero-order valence-electron chi connectivity index (χ0n) is 9.25. The number of hydrogen-bond donors (Lipinski definition) is 0. The molecule has 1 saturated carbocycles. The Morgan fingerprint density at radius 2 is 2.27 bits per heavy atom. The van der Waals surface area contributed by atoms with Gasteiger partial charge in [-0.25, -0.2) is 0 Å². The summed E-state index contributed by atoms with van der Waals surface area (Å²) in [5, 5.41) is 0. The molecule has 4 atom stereocenters. The minimum atomic E-state index is -0.289. The third-order valence-electron chi connectivity index (χ3n) is 3.94. The topological polar surface area (TPSA) is 26.3 Å². The minimum Gasteiger partial charge on any atom is -0.458 e. The fourth-order valence-electron chi connectivity index (χ4n) is 2.74. The molecule has 2 fully saturated rings. The molecule has 0 spiro atoms. The van der Waals surface area contributed by atoms with Crippen molar-refractivity contribution in [3.8, 4) is 0 Å². The first-order chi connectivity index (χ1) is 6.93. The van der Waals surface area contributed by atoms with E-state index in [0.717, 1.165) is 12.8 Å². The number of fused-ring (bicyclic) bond motifs is 1. The number of carbonyl (C=O) groups excluding carboxylic acids is 1. The van der Waals surface area contributed by atoms with Gasteiger partial charge in [0.25, 0.3) is 0 Å². The van der Waals surface area contributed by atoms with E-state index in [1.54, 1.807) is 0 Å². The molecule has 2 aliphatic rings. The summed E-state index contributed by atoms with van der Waals surface area (Å²) in [6.07, 6.45) is 2.64. The molecule has 0 N–H and O–H groups in total. The Hall–Kier alpha value is -0.310. The second-order valence-electron chi connectivity index (χ2n) is 5.04. The molecule has 0 bridgehead atoms. The second kappa shape index (κ2) is 3.62. The molecule has 0 aromatic carbocycles. The summed E-state index contributed by atoms with van der Waals surface area (Å²) in [5.41, 5.74) is 0.934. The highest BCUT2D eigenvalue weighted by molar-refractivity contribution is 9.09. The number of rotatable bonds is 1. The van der Waals surface area contributed by atoms with Crippen LogP contribution in [0.15, 0.2) is 12.2 Å². The van der Waals surface area contributed by atoms with Gasteiger partial charge in [-0.3, -0.25) is 4.79 Å². The number of allylic oxidation sites excluding steroid dienone is 1. The van der Waals surface area contributed by atoms with Gasteiger partial charge in [-0.15, -0.1) is 0 Å². The molecule has 0 aromatic rings. The lowest BCUT2D eigenvalue weighted by atomic mass is 9.70. The predicted molar refractivity (Wildman–Crippen MR) is 62.9 cm³/mol. The molecule has 1 aliphatic carbocycles. The molecule has 2 rings (SSSR count). The molecule has 0 unspecified atom stereocenters. The zero-order valence-corrected chi connectivity index (χ0v) is 10.8. The average molecular weight is 273 g/mol. The summed E-state index contributed by atoms with van der Waals surface area (Å²) in [6.45, 7) is 8.15. The lowest BCUT2D eigenvalue weighted by molar-refractivity contribution is -0.149. The van der Waals surface area contributed by atoms with E-state index in [4.69, 9.17) is 4.74 Å². The molecule has 1 heterocycles. The van der Waals surface area contributed by atoms with Crippen LogP contribution in [0.1, 0.15) is 33.1 Å². The van der Waals surface area contributed by atoms with Crippen LogP contribution < -0.4 is 0 Å². The van der Waals surface area contributed by atoms with Crippen LogP contribution in [0.2, 0.25) is 0 Å². The van der Waals surface area contributed by atoms with E-state index in [0.29, 0.717) is 18.3 Å². The van der Waals surface area contributed by atoms with Crippen molar-refractivity contribution < 1.29 is 9.53 Å². The fraction of sp³-hybridized carbons (Fsp3) is 0.750.